The topological polar surface area (TPSA) is 38.3 Å². The van der Waals surface area contributed by atoms with Crippen molar-refractivity contribution < 1.29 is 22.7 Å². The Hall–Kier alpha value is -2.99. The van der Waals surface area contributed by atoms with Crippen LogP contribution in [0, 0.1) is 17.5 Å². The SMILES string of the molecule is CC(=O)COc1ccc(F)c(NCc2cc(-c3cccc(F)c3)ccc2Cl)c1F. The molecule has 150 valence electrons. The van der Waals surface area contributed by atoms with Crippen LogP contribution in [-0.4, -0.2) is 12.4 Å². The second-order valence-corrected chi connectivity index (χ2v) is 6.80. The molecule has 0 radical (unpaired) electrons. The van der Waals surface area contributed by atoms with E-state index >= 15 is 0 Å². The van der Waals surface area contributed by atoms with Crippen molar-refractivity contribution in [2.75, 3.05) is 11.9 Å². The van der Waals surface area contributed by atoms with Crippen molar-refractivity contribution in [3.63, 3.8) is 0 Å². The lowest BCUT2D eigenvalue weighted by Gasteiger charge is -2.14. The van der Waals surface area contributed by atoms with Gasteiger partial charge >= 0.3 is 0 Å². The zero-order chi connectivity index (χ0) is 21.0. The Bertz CT molecular complexity index is 1060. The Morgan fingerprint density at radius 3 is 2.52 bits per heavy atom. The Balaban J connectivity index is 1.83. The van der Waals surface area contributed by atoms with Crippen LogP contribution in [0.5, 0.6) is 5.75 Å². The van der Waals surface area contributed by atoms with Crippen molar-refractivity contribution in [2.45, 2.75) is 13.5 Å². The van der Waals surface area contributed by atoms with Gasteiger partial charge in [0.2, 0.25) is 0 Å². The van der Waals surface area contributed by atoms with Crippen LogP contribution in [0.4, 0.5) is 18.9 Å². The van der Waals surface area contributed by atoms with Crippen molar-refractivity contribution in [3.05, 3.63) is 82.6 Å². The average Bonchev–Trinajstić information content (AvgIpc) is 2.68. The maximum absolute atomic E-state index is 14.6. The summed E-state index contributed by atoms with van der Waals surface area (Å²) in [6.07, 6.45) is 0. The van der Waals surface area contributed by atoms with E-state index in [2.05, 4.69) is 5.32 Å². The molecule has 0 heterocycles. The number of anilines is 1. The summed E-state index contributed by atoms with van der Waals surface area (Å²) in [7, 11) is 0. The van der Waals surface area contributed by atoms with Gasteiger partial charge in [0.05, 0.1) is 0 Å². The molecular weight excluding hydrogens is 403 g/mol. The Morgan fingerprint density at radius 2 is 1.79 bits per heavy atom. The highest BCUT2D eigenvalue weighted by molar-refractivity contribution is 6.31. The fraction of sp³-hybridized carbons (Fsp3) is 0.136. The molecule has 0 aliphatic heterocycles. The highest BCUT2D eigenvalue weighted by Crippen LogP contribution is 2.30. The third kappa shape index (κ3) is 5.09. The number of ether oxygens (including phenoxy) is 1. The molecule has 0 saturated carbocycles. The van der Waals surface area contributed by atoms with E-state index in [0.717, 1.165) is 12.1 Å². The summed E-state index contributed by atoms with van der Waals surface area (Å²) in [6.45, 7) is 1.00. The molecule has 0 spiro atoms. The van der Waals surface area contributed by atoms with Gasteiger partial charge < -0.3 is 10.1 Å². The van der Waals surface area contributed by atoms with E-state index < -0.39 is 17.3 Å². The summed E-state index contributed by atoms with van der Waals surface area (Å²) in [5.41, 5.74) is 1.55. The van der Waals surface area contributed by atoms with Crippen molar-refractivity contribution in [2.24, 2.45) is 0 Å². The summed E-state index contributed by atoms with van der Waals surface area (Å²) in [5, 5.41) is 3.07. The summed E-state index contributed by atoms with van der Waals surface area (Å²) in [5.74, 6) is -2.64. The van der Waals surface area contributed by atoms with Gasteiger partial charge in [0, 0.05) is 11.6 Å². The number of hydrogen-bond donors (Lipinski definition) is 1. The number of carbonyl (C=O) groups excluding carboxylic acids is 1. The number of Topliss-reactive ketones (excluding diaryl/α,β-unsaturated/α-hetero) is 1. The van der Waals surface area contributed by atoms with E-state index in [0.29, 0.717) is 21.7 Å². The molecule has 3 aromatic rings. The van der Waals surface area contributed by atoms with Gasteiger partial charge in [-0.25, -0.2) is 13.2 Å². The smallest absolute Gasteiger partial charge is 0.191 e. The Morgan fingerprint density at radius 1 is 1.03 bits per heavy atom. The van der Waals surface area contributed by atoms with Crippen molar-refractivity contribution >= 4 is 23.1 Å². The number of nitrogens with one attached hydrogen (secondary N) is 1. The van der Waals surface area contributed by atoms with Crippen molar-refractivity contribution in [3.8, 4) is 16.9 Å². The zero-order valence-corrected chi connectivity index (χ0v) is 16.2. The number of carbonyl (C=O) groups is 1. The summed E-state index contributed by atoms with van der Waals surface area (Å²) in [4.78, 5) is 11.0. The Kier molecular flexibility index (Phi) is 6.44. The third-order valence-corrected chi connectivity index (χ3v) is 4.51. The standard InChI is InChI=1S/C22H17ClF3NO2/c1-13(28)12-29-20-8-7-19(25)22(21(20)26)27-11-16-9-15(5-6-18(16)23)14-3-2-4-17(24)10-14/h2-10,27H,11-12H2,1H3. The van der Waals surface area contributed by atoms with Crippen LogP contribution in [0.2, 0.25) is 5.02 Å². The number of rotatable bonds is 7. The van der Waals surface area contributed by atoms with E-state index in [1.54, 1.807) is 30.3 Å². The van der Waals surface area contributed by atoms with Crippen molar-refractivity contribution in [1.82, 2.24) is 0 Å². The van der Waals surface area contributed by atoms with E-state index in [-0.39, 0.29) is 30.5 Å². The maximum Gasteiger partial charge on any atom is 0.191 e. The van der Waals surface area contributed by atoms with Crippen LogP contribution < -0.4 is 10.1 Å². The largest absolute Gasteiger partial charge is 0.483 e. The normalized spacial score (nSPS) is 10.7. The molecule has 0 aliphatic rings. The summed E-state index contributed by atoms with van der Waals surface area (Å²) >= 11 is 6.21. The van der Waals surface area contributed by atoms with Gasteiger partial charge in [-0.2, -0.15) is 0 Å². The molecule has 0 atom stereocenters. The molecule has 0 fully saturated rings. The first-order valence-corrected chi connectivity index (χ1v) is 9.11. The van der Waals surface area contributed by atoms with Gasteiger partial charge in [0.15, 0.2) is 17.3 Å². The summed E-state index contributed by atoms with van der Waals surface area (Å²) < 4.78 is 47.2. The fourth-order valence-corrected chi connectivity index (χ4v) is 2.91. The number of halogens is 4. The molecule has 0 saturated heterocycles. The second-order valence-electron chi connectivity index (χ2n) is 6.40. The lowest BCUT2D eigenvalue weighted by molar-refractivity contribution is -0.118. The molecule has 29 heavy (non-hydrogen) atoms. The second kappa shape index (κ2) is 9.01. The van der Waals surface area contributed by atoms with E-state index in [1.807, 2.05) is 0 Å². The lowest BCUT2D eigenvalue weighted by atomic mass is 10.0. The molecule has 3 nitrogen and oxygen atoms in total. The van der Waals surface area contributed by atoms with Crippen LogP contribution in [0.25, 0.3) is 11.1 Å². The summed E-state index contributed by atoms with van der Waals surface area (Å²) in [6, 6.07) is 13.3. The predicted molar refractivity (Wildman–Crippen MR) is 107 cm³/mol. The number of ketones is 1. The molecule has 3 aromatic carbocycles. The zero-order valence-electron chi connectivity index (χ0n) is 15.4. The van der Waals surface area contributed by atoms with E-state index in [9.17, 15) is 18.0 Å². The highest BCUT2D eigenvalue weighted by atomic mass is 35.5. The van der Waals surface area contributed by atoms with Gasteiger partial charge in [0.1, 0.15) is 23.9 Å². The Labute approximate surface area is 171 Å². The minimum absolute atomic E-state index is 0.0198. The van der Waals surface area contributed by atoms with Crippen molar-refractivity contribution in [1.29, 1.82) is 0 Å². The molecule has 0 aliphatic carbocycles. The fourth-order valence-electron chi connectivity index (χ4n) is 2.73. The van der Waals surface area contributed by atoms with Crippen LogP contribution in [0.1, 0.15) is 12.5 Å². The first-order valence-electron chi connectivity index (χ1n) is 8.73. The van der Waals surface area contributed by atoms with Gasteiger partial charge in [0.25, 0.3) is 0 Å². The third-order valence-electron chi connectivity index (χ3n) is 4.15. The lowest BCUT2D eigenvalue weighted by Crippen LogP contribution is -2.10. The monoisotopic (exact) mass is 419 g/mol. The van der Waals surface area contributed by atoms with Crippen LogP contribution in [-0.2, 0) is 11.3 Å². The first-order chi connectivity index (χ1) is 13.8. The van der Waals surface area contributed by atoms with Crippen LogP contribution >= 0.6 is 11.6 Å². The van der Waals surface area contributed by atoms with E-state index in [1.165, 1.54) is 19.1 Å². The quantitative estimate of drug-likeness (QED) is 0.510. The maximum atomic E-state index is 14.6. The molecule has 3 rings (SSSR count). The predicted octanol–water partition coefficient (Wildman–Crippen LogP) is 6.00. The van der Waals surface area contributed by atoms with Gasteiger partial charge in [-0.05, 0) is 60.0 Å². The molecule has 0 aromatic heterocycles. The van der Waals surface area contributed by atoms with Gasteiger partial charge in [-0.1, -0.05) is 29.8 Å². The minimum Gasteiger partial charge on any atom is -0.483 e. The number of hydrogen-bond acceptors (Lipinski definition) is 3. The molecule has 0 bridgehead atoms. The minimum atomic E-state index is -0.941. The molecular formula is C22H17ClF3NO2. The first kappa shape index (κ1) is 20.7. The molecule has 0 unspecified atom stereocenters. The molecule has 1 N–H and O–H groups in total. The van der Waals surface area contributed by atoms with Gasteiger partial charge in [-0.15, -0.1) is 0 Å². The number of benzene rings is 3. The van der Waals surface area contributed by atoms with Gasteiger partial charge in [-0.3, -0.25) is 4.79 Å². The van der Waals surface area contributed by atoms with Crippen LogP contribution in [0.15, 0.2) is 54.6 Å². The highest BCUT2D eigenvalue weighted by Gasteiger charge is 2.16. The van der Waals surface area contributed by atoms with E-state index in [4.69, 9.17) is 16.3 Å². The molecule has 0 amide bonds. The average molecular weight is 420 g/mol. The molecule has 7 heteroatoms. The van der Waals surface area contributed by atoms with Crippen LogP contribution in [0.3, 0.4) is 0 Å².